The van der Waals surface area contributed by atoms with E-state index in [4.69, 9.17) is 0 Å². The van der Waals surface area contributed by atoms with Gasteiger partial charge < -0.3 is 9.88 Å². The molecule has 0 radical (unpaired) electrons. The molecule has 0 aliphatic carbocycles. The number of amides is 1. The lowest BCUT2D eigenvalue weighted by Crippen LogP contribution is -2.32. The van der Waals surface area contributed by atoms with Gasteiger partial charge in [0.25, 0.3) is 0 Å². The number of fused-ring (bicyclic) bond motifs is 1. The highest BCUT2D eigenvalue weighted by Crippen LogP contribution is 2.36. The molecular weight excluding hydrogens is 404 g/mol. The van der Waals surface area contributed by atoms with Crippen LogP contribution in [0.3, 0.4) is 0 Å². The van der Waals surface area contributed by atoms with Gasteiger partial charge in [-0.05, 0) is 55.6 Å². The molecule has 1 amide bonds. The molecule has 0 spiro atoms. The van der Waals surface area contributed by atoms with Crippen molar-refractivity contribution >= 4 is 33.3 Å². The summed E-state index contributed by atoms with van der Waals surface area (Å²) in [5, 5.41) is 6.87. The zero-order chi connectivity index (χ0) is 21.2. The lowest BCUT2D eigenvalue weighted by atomic mass is 9.89. The molecule has 4 aromatic rings. The monoisotopic (exact) mass is 430 g/mol. The van der Waals surface area contributed by atoms with Gasteiger partial charge in [0.2, 0.25) is 5.91 Å². The second-order valence-corrected chi connectivity index (χ2v) is 9.04. The van der Waals surface area contributed by atoms with Crippen molar-refractivity contribution in [1.29, 1.82) is 0 Å². The first-order valence-corrected chi connectivity index (χ1v) is 11.6. The number of para-hydroxylation sites is 2. The van der Waals surface area contributed by atoms with Crippen molar-refractivity contribution in [2.24, 2.45) is 0 Å². The first kappa shape index (κ1) is 20.0. The van der Waals surface area contributed by atoms with Gasteiger partial charge in [-0.3, -0.25) is 9.69 Å². The average Bonchev–Trinajstić information content (AvgIpc) is 3.39. The fourth-order valence-electron chi connectivity index (χ4n) is 4.55. The fourth-order valence-corrected chi connectivity index (χ4v) is 5.30. The minimum atomic E-state index is -0.0728. The van der Waals surface area contributed by atoms with E-state index >= 15 is 0 Å². The standard InChI is InChI=1S/C25H26N4OS/c1-18(30)26-25-27-20(17-31-25)15-28-13-11-19(12-14-28)23-16-29(21-7-3-2-4-8-21)24-10-6-5-9-22(23)24/h2-10,16-17,19H,11-15H2,1H3,(H,26,27,30). The zero-order valence-electron chi connectivity index (χ0n) is 17.6. The smallest absolute Gasteiger partial charge is 0.223 e. The van der Waals surface area contributed by atoms with E-state index in [-0.39, 0.29) is 5.91 Å². The molecular formula is C25H26N4OS. The predicted octanol–water partition coefficient (Wildman–Crippen LogP) is 5.43. The number of carbonyl (C=O) groups is 1. The van der Waals surface area contributed by atoms with E-state index in [2.05, 4.69) is 80.6 Å². The molecule has 0 atom stereocenters. The number of hydrogen-bond acceptors (Lipinski definition) is 4. The number of anilines is 1. The predicted molar refractivity (Wildman–Crippen MR) is 127 cm³/mol. The molecule has 5 nitrogen and oxygen atoms in total. The Morgan fingerprint density at radius 2 is 1.84 bits per heavy atom. The Hall–Kier alpha value is -2.96. The van der Waals surface area contributed by atoms with Gasteiger partial charge in [-0.15, -0.1) is 11.3 Å². The first-order valence-electron chi connectivity index (χ1n) is 10.8. The summed E-state index contributed by atoms with van der Waals surface area (Å²) in [6.45, 7) is 4.47. The summed E-state index contributed by atoms with van der Waals surface area (Å²) in [6.07, 6.45) is 4.64. The van der Waals surface area contributed by atoms with Crippen molar-refractivity contribution in [3.63, 3.8) is 0 Å². The third-order valence-corrected chi connectivity index (χ3v) is 6.83. The molecule has 2 aromatic heterocycles. The number of benzene rings is 2. The normalized spacial score (nSPS) is 15.4. The van der Waals surface area contributed by atoms with Crippen LogP contribution in [0.25, 0.3) is 16.6 Å². The third kappa shape index (κ3) is 4.27. The Morgan fingerprint density at radius 1 is 1.10 bits per heavy atom. The summed E-state index contributed by atoms with van der Waals surface area (Å²) in [5.41, 5.74) is 4.98. The maximum Gasteiger partial charge on any atom is 0.223 e. The molecule has 6 heteroatoms. The van der Waals surface area contributed by atoms with E-state index in [1.165, 1.54) is 40.4 Å². The SMILES string of the molecule is CC(=O)Nc1nc(CN2CCC(c3cn(-c4ccccc4)c4ccccc34)CC2)cs1. The van der Waals surface area contributed by atoms with Crippen molar-refractivity contribution < 1.29 is 4.79 Å². The summed E-state index contributed by atoms with van der Waals surface area (Å²) in [7, 11) is 0. The van der Waals surface area contributed by atoms with Gasteiger partial charge in [0.05, 0.1) is 11.2 Å². The van der Waals surface area contributed by atoms with Crippen molar-refractivity contribution in [2.75, 3.05) is 18.4 Å². The van der Waals surface area contributed by atoms with Crippen molar-refractivity contribution in [2.45, 2.75) is 32.2 Å². The summed E-state index contributed by atoms with van der Waals surface area (Å²) >= 11 is 1.49. The van der Waals surface area contributed by atoms with Crippen LogP contribution >= 0.6 is 11.3 Å². The van der Waals surface area contributed by atoms with Crippen LogP contribution in [0.2, 0.25) is 0 Å². The summed E-state index contributed by atoms with van der Waals surface area (Å²) in [5.74, 6) is 0.493. The largest absolute Gasteiger partial charge is 0.316 e. The lowest BCUT2D eigenvalue weighted by molar-refractivity contribution is -0.114. The van der Waals surface area contributed by atoms with Crippen molar-refractivity contribution in [1.82, 2.24) is 14.5 Å². The molecule has 3 heterocycles. The van der Waals surface area contributed by atoms with E-state index in [1.807, 2.05) is 5.38 Å². The number of thiazole rings is 1. The Balaban J connectivity index is 1.31. The number of rotatable bonds is 5. The number of hydrogen-bond donors (Lipinski definition) is 1. The maximum absolute atomic E-state index is 11.2. The summed E-state index contributed by atoms with van der Waals surface area (Å²) in [4.78, 5) is 18.2. The van der Waals surface area contributed by atoms with Crippen molar-refractivity contribution in [3.05, 3.63) is 77.4 Å². The van der Waals surface area contributed by atoms with Crippen LogP contribution in [-0.2, 0) is 11.3 Å². The number of nitrogens with zero attached hydrogens (tertiary/aromatic N) is 3. The van der Waals surface area contributed by atoms with E-state index in [0.717, 1.165) is 38.2 Å². The highest BCUT2D eigenvalue weighted by Gasteiger charge is 2.24. The Morgan fingerprint density at radius 3 is 2.61 bits per heavy atom. The van der Waals surface area contributed by atoms with Crippen LogP contribution in [0.1, 0.15) is 36.9 Å². The van der Waals surface area contributed by atoms with E-state index in [9.17, 15) is 4.79 Å². The van der Waals surface area contributed by atoms with Gasteiger partial charge in [-0.1, -0.05) is 36.4 Å². The van der Waals surface area contributed by atoms with E-state index in [0.29, 0.717) is 11.0 Å². The minimum Gasteiger partial charge on any atom is -0.316 e. The van der Waals surface area contributed by atoms with Crippen LogP contribution in [-0.4, -0.2) is 33.4 Å². The number of piperidine rings is 1. The number of aromatic nitrogens is 2. The molecule has 0 bridgehead atoms. The summed E-state index contributed by atoms with van der Waals surface area (Å²) in [6, 6.07) is 19.3. The van der Waals surface area contributed by atoms with E-state index in [1.54, 1.807) is 0 Å². The Labute approximate surface area is 186 Å². The van der Waals surface area contributed by atoms with Gasteiger partial charge in [0, 0.05) is 36.1 Å². The minimum absolute atomic E-state index is 0.0728. The highest BCUT2D eigenvalue weighted by molar-refractivity contribution is 7.13. The van der Waals surface area contributed by atoms with Crippen LogP contribution in [0.5, 0.6) is 0 Å². The van der Waals surface area contributed by atoms with Crippen LogP contribution in [0.4, 0.5) is 5.13 Å². The number of likely N-dealkylation sites (tertiary alicyclic amines) is 1. The fraction of sp³-hybridized carbons (Fsp3) is 0.280. The molecule has 1 aliphatic heterocycles. The van der Waals surface area contributed by atoms with Crippen molar-refractivity contribution in [3.8, 4) is 5.69 Å². The average molecular weight is 431 g/mol. The molecule has 1 fully saturated rings. The van der Waals surface area contributed by atoms with Gasteiger partial charge in [0.1, 0.15) is 0 Å². The zero-order valence-corrected chi connectivity index (χ0v) is 18.4. The quantitative estimate of drug-likeness (QED) is 0.460. The maximum atomic E-state index is 11.2. The second kappa shape index (κ2) is 8.65. The Bertz CT molecular complexity index is 1190. The molecule has 0 unspecified atom stereocenters. The van der Waals surface area contributed by atoms with Crippen LogP contribution < -0.4 is 5.32 Å². The molecule has 1 N–H and O–H groups in total. The van der Waals surface area contributed by atoms with Gasteiger partial charge in [-0.2, -0.15) is 0 Å². The molecule has 2 aromatic carbocycles. The highest BCUT2D eigenvalue weighted by atomic mass is 32.1. The van der Waals surface area contributed by atoms with E-state index < -0.39 is 0 Å². The topological polar surface area (TPSA) is 50.2 Å². The van der Waals surface area contributed by atoms with Crippen LogP contribution in [0.15, 0.2) is 66.2 Å². The molecule has 5 rings (SSSR count). The molecule has 1 aliphatic rings. The van der Waals surface area contributed by atoms with Gasteiger partial charge in [0.15, 0.2) is 5.13 Å². The van der Waals surface area contributed by atoms with Gasteiger partial charge >= 0.3 is 0 Å². The van der Waals surface area contributed by atoms with Crippen LogP contribution in [0, 0.1) is 0 Å². The molecule has 31 heavy (non-hydrogen) atoms. The second-order valence-electron chi connectivity index (χ2n) is 8.18. The molecule has 1 saturated heterocycles. The third-order valence-electron chi connectivity index (χ3n) is 6.02. The molecule has 0 saturated carbocycles. The van der Waals surface area contributed by atoms with Gasteiger partial charge in [-0.25, -0.2) is 4.98 Å². The molecule has 158 valence electrons. The summed E-state index contributed by atoms with van der Waals surface area (Å²) < 4.78 is 2.33. The Kier molecular flexibility index (Phi) is 5.57. The first-order chi connectivity index (χ1) is 15.2. The number of nitrogens with one attached hydrogen (secondary N) is 1. The lowest BCUT2D eigenvalue weighted by Gasteiger charge is -2.31. The number of carbonyl (C=O) groups excluding carboxylic acids is 1.